The van der Waals surface area contributed by atoms with E-state index in [4.69, 9.17) is 4.52 Å². The normalized spacial score (nSPS) is 20.0. The molecule has 1 aliphatic heterocycles. The van der Waals surface area contributed by atoms with Crippen molar-refractivity contribution in [1.82, 2.24) is 20.4 Å². The first-order chi connectivity index (χ1) is 10.8. The Morgan fingerprint density at radius 1 is 1.23 bits per heavy atom. The molecule has 5 heteroatoms. The molecule has 1 unspecified atom stereocenters. The summed E-state index contributed by atoms with van der Waals surface area (Å²) in [5.74, 6) is 1.54. The molecule has 1 aromatic carbocycles. The average Bonchev–Trinajstić information content (AvgIpc) is 2.89. The summed E-state index contributed by atoms with van der Waals surface area (Å²) in [6, 6.07) is 11.0. The quantitative estimate of drug-likeness (QED) is 0.916. The number of nitrogens with zero attached hydrogens (tertiary/aromatic N) is 3. The van der Waals surface area contributed by atoms with Gasteiger partial charge in [0.15, 0.2) is 5.82 Å². The van der Waals surface area contributed by atoms with Crippen molar-refractivity contribution in [3.63, 3.8) is 0 Å². The second-order valence-corrected chi connectivity index (χ2v) is 6.01. The fourth-order valence-electron chi connectivity index (χ4n) is 2.77. The SMILES string of the molecule is CC1CCN(Cc2nc(CCc3ccccc3)no2)CCN1. The zero-order chi connectivity index (χ0) is 15.2. The van der Waals surface area contributed by atoms with Crippen molar-refractivity contribution in [3.8, 4) is 0 Å². The molecule has 0 radical (unpaired) electrons. The van der Waals surface area contributed by atoms with Crippen molar-refractivity contribution < 1.29 is 4.52 Å². The van der Waals surface area contributed by atoms with E-state index in [1.165, 1.54) is 5.56 Å². The summed E-state index contributed by atoms with van der Waals surface area (Å²) in [4.78, 5) is 6.91. The molecule has 1 saturated heterocycles. The van der Waals surface area contributed by atoms with E-state index in [0.717, 1.165) is 57.2 Å². The summed E-state index contributed by atoms with van der Waals surface area (Å²) < 4.78 is 5.40. The highest BCUT2D eigenvalue weighted by Crippen LogP contribution is 2.09. The number of rotatable bonds is 5. The standard InChI is InChI=1S/C17H24N4O/c1-14-9-11-21(12-10-18-14)13-17-19-16(20-22-17)8-7-15-5-3-2-4-6-15/h2-6,14,18H,7-13H2,1H3. The molecule has 1 atom stereocenters. The number of nitrogens with one attached hydrogen (secondary N) is 1. The minimum Gasteiger partial charge on any atom is -0.338 e. The Kier molecular flexibility index (Phi) is 5.19. The fourth-order valence-corrected chi connectivity index (χ4v) is 2.77. The second-order valence-electron chi connectivity index (χ2n) is 6.01. The molecule has 0 amide bonds. The first-order valence-electron chi connectivity index (χ1n) is 8.11. The first-order valence-corrected chi connectivity index (χ1v) is 8.11. The van der Waals surface area contributed by atoms with Gasteiger partial charge >= 0.3 is 0 Å². The minimum absolute atomic E-state index is 0.592. The molecule has 118 valence electrons. The molecule has 22 heavy (non-hydrogen) atoms. The van der Waals surface area contributed by atoms with Gasteiger partial charge in [-0.3, -0.25) is 4.90 Å². The lowest BCUT2D eigenvalue weighted by atomic mass is 10.1. The third kappa shape index (κ3) is 4.39. The summed E-state index contributed by atoms with van der Waals surface area (Å²) in [5.41, 5.74) is 1.31. The molecular formula is C17H24N4O. The van der Waals surface area contributed by atoms with Gasteiger partial charge in [-0.25, -0.2) is 0 Å². The van der Waals surface area contributed by atoms with E-state index >= 15 is 0 Å². The van der Waals surface area contributed by atoms with Crippen molar-refractivity contribution in [2.75, 3.05) is 19.6 Å². The highest BCUT2D eigenvalue weighted by Gasteiger charge is 2.16. The van der Waals surface area contributed by atoms with Crippen LogP contribution in [0, 0.1) is 0 Å². The predicted octanol–water partition coefficient (Wildman–Crippen LogP) is 2.04. The number of benzene rings is 1. The molecule has 0 spiro atoms. The third-order valence-corrected chi connectivity index (χ3v) is 4.15. The predicted molar refractivity (Wildman–Crippen MR) is 85.5 cm³/mol. The van der Waals surface area contributed by atoms with Gasteiger partial charge < -0.3 is 9.84 Å². The van der Waals surface area contributed by atoms with Gasteiger partial charge in [0.05, 0.1) is 6.54 Å². The van der Waals surface area contributed by atoms with Gasteiger partial charge in [-0.05, 0) is 25.3 Å². The van der Waals surface area contributed by atoms with Gasteiger partial charge in [0.25, 0.3) is 0 Å². The molecule has 0 saturated carbocycles. The van der Waals surface area contributed by atoms with E-state index in [0.29, 0.717) is 6.04 Å². The zero-order valence-electron chi connectivity index (χ0n) is 13.2. The molecule has 2 heterocycles. The summed E-state index contributed by atoms with van der Waals surface area (Å²) in [6.07, 6.45) is 2.94. The van der Waals surface area contributed by atoms with Crippen LogP contribution in [0.15, 0.2) is 34.9 Å². The largest absolute Gasteiger partial charge is 0.338 e. The Hall–Kier alpha value is -1.72. The Labute approximate surface area is 131 Å². The zero-order valence-corrected chi connectivity index (χ0v) is 13.2. The lowest BCUT2D eigenvalue weighted by molar-refractivity contribution is 0.237. The minimum atomic E-state index is 0.592. The third-order valence-electron chi connectivity index (χ3n) is 4.15. The van der Waals surface area contributed by atoms with Gasteiger partial charge in [0, 0.05) is 32.1 Å². The van der Waals surface area contributed by atoms with Gasteiger partial charge in [-0.2, -0.15) is 4.98 Å². The Balaban J connectivity index is 1.50. The molecule has 1 aliphatic rings. The number of aromatic nitrogens is 2. The molecule has 0 bridgehead atoms. The second kappa shape index (κ2) is 7.51. The van der Waals surface area contributed by atoms with Crippen LogP contribution >= 0.6 is 0 Å². The summed E-state index contributed by atoms with van der Waals surface area (Å²) >= 11 is 0. The maximum atomic E-state index is 5.40. The van der Waals surface area contributed by atoms with Crippen LogP contribution in [0.1, 0.15) is 30.6 Å². The molecular weight excluding hydrogens is 276 g/mol. The highest BCUT2D eigenvalue weighted by molar-refractivity contribution is 5.15. The van der Waals surface area contributed by atoms with Crippen LogP contribution in [0.25, 0.3) is 0 Å². The van der Waals surface area contributed by atoms with Crippen molar-refractivity contribution in [3.05, 3.63) is 47.6 Å². The monoisotopic (exact) mass is 300 g/mol. The molecule has 2 aromatic rings. The topological polar surface area (TPSA) is 54.2 Å². The Morgan fingerprint density at radius 3 is 2.95 bits per heavy atom. The Bertz CT molecular complexity index is 569. The lowest BCUT2D eigenvalue weighted by Gasteiger charge is -2.16. The lowest BCUT2D eigenvalue weighted by Crippen LogP contribution is -2.28. The van der Waals surface area contributed by atoms with E-state index in [-0.39, 0.29) is 0 Å². The molecule has 1 N–H and O–H groups in total. The summed E-state index contributed by atoms with van der Waals surface area (Å²) in [7, 11) is 0. The van der Waals surface area contributed by atoms with Gasteiger partial charge in [0.2, 0.25) is 5.89 Å². The molecule has 5 nitrogen and oxygen atoms in total. The Morgan fingerprint density at radius 2 is 2.09 bits per heavy atom. The van der Waals surface area contributed by atoms with E-state index in [1.54, 1.807) is 0 Å². The van der Waals surface area contributed by atoms with Crippen LogP contribution in [0.4, 0.5) is 0 Å². The van der Waals surface area contributed by atoms with Crippen LogP contribution in [0.2, 0.25) is 0 Å². The van der Waals surface area contributed by atoms with E-state index in [2.05, 4.69) is 51.5 Å². The van der Waals surface area contributed by atoms with Gasteiger partial charge in [-0.1, -0.05) is 35.5 Å². The van der Waals surface area contributed by atoms with Crippen molar-refractivity contribution in [2.45, 2.75) is 38.8 Å². The maximum absolute atomic E-state index is 5.40. The number of aryl methyl sites for hydroxylation is 2. The van der Waals surface area contributed by atoms with Crippen LogP contribution in [-0.2, 0) is 19.4 Å². The van der Waals surface area contributed by atoms with Crippen LogP contribution < -0.4 is 5.32 Å². The average molecular weight is 300 g/mol. The first kappa shape index (κ1) is 15.2. The number of hydrogen-bond donors (Lipinski definition) is 1. The smallest absolute Gasteiger partial charge is 0.240 e. The summed E-state index contributed by atoms with van der Waals surface area (Å²) in [5, 5.41) is 7.60. The van der Waals surface area contributed by atoms with Crippen LogP contribution in [0.5, 0.6) is 0 Å². The highest BCUT2D eigenvalue weighted by atomic mass is 16.5. The van der Waals surface area contributed by atoms with Crippen LogP contribution in [0.3, 0.4) is 0 Å². The van der Waals surface area contributed by atoms with E-state index < -0.39 is 0 Å². The molecule has 1 fully saturated rings. The summed E-state index contributed by atoms with van der Waals surface area (Å²) in [6.45, 7) is 6.13. The van der Waals surface area contributed by atoms with Crippen molar-refractivity contribution in [2.24, 2.45) is 0 Å². The van der Waals surface area contributed by atoms with E-state index in [1.807, 2.05) is 6.07 Å². The molecule has 1 aromatic heterocycles. The molecule has 3 rings (SSSR count). The fraction of sp³-hybridized carbons (Fsp3) is 0.529. The van der Waals surface area contributed by atoms with Gasteiger partial charge in [0.1, 0.15) is 0 Å². The van der Waals surface area contributed by atoms with Crippen LogP contribution in [-0.4, -0.2) is 40.7 Å². The van der Waals surface area contributed by atoms with E-state index in [9.17, 15) is 0 Å². The van der Waals surface area contributed by atoms with Crippen molar-refractivity contribution >= 4 is 0 Å². The van der Waals surface area contributed by atoms with Gasteiger partial charge in [-0.15, -0.1) is 0 Å². The number of hydrogen-bond acceptors (Lipinski definition) is 5. The molecule has 0 aliphatic carbocycles. The maximum Gasteiger partial charge on any atom is 0.240 e. The van der Waals surface area contributed by atoms with Crippen molar-refractivity contribution in [1.29, 1.82) is 0 Å².